The highest BCUT2D eigenvalue weighted by Crippen LogP contribution is 1.99. The number of hydrogen-bond donors (Lipinski definition) is 1. The van der Waals surface area contributed by atoms with E-state index < -0.39 is 23.8 Å². The number of rotatable bonds is 6. The van der Waals surface area contributed by atoms with Gasteiger partial charge in [0.2, 0.25) is 17.8 Å². The Morgan fingerprint density at radius 2 is 1.87 bits per heavy atom. The molecule has 0 aliphatic rings. The lowest BCUT2D eigenvalue weighted by Crippen LogP contribution is -2.24. The Morgan fingerprint density at radius 1 is 1.33 bits per heavy atom. The summed E-state index contributed by atoms with van der Waals surface area (Å²) in [6.07, 6.45) is -0.433. The van der Waals surface area contributed by atoms with Crippen LogP contribution in [0.4, 0.5) is 0 Å². The van der Waals surface area contributed by atoms with Gasteiger partial charge in [-0.25, -0.2) is 4.79 Å². The maximum Gasteiger partial charge on any atom is 0.373 e. The molecule has 0 saturated heterocycles. The van der Waals surface area contributed by atoms with E-state index >= 15 is 0 Å². The molecule has 0 aliphatic heterocycles. The van der Waals surface area contributed by atoms with E-state index in [4.69, 9.17) is 5.11 Å². The van der Waals surface area contributed by atoms with Gasteiger partial charge in [-0.3, -0.25) is 4.79 Å². The van der Waals surface area contributed by atoms with E-state index in [1.807, 2.05) is 0 Å². The van der Waals surface area contributed by atoms with Crippen molar-refractivity contribution in [3.05, 3.63) is 11.8 Å². The van der Waals surface area contributed by atoms with Gasteiger partial charge in [-0.15, -0.1) is 0 Å². The van der Waals surface area contributed by atoms with E-state index in [-0.39, 0.29) is 6.61 Å². The quantitative estimate of drug-likeness (QED) is 0.296. The van der Waals surface area contributed by atoms with Crippen LogP contribution in [0.15, 0.2) is 11.8 Å². The molecule has 0 atom stereocenters. The molecule has 15 heavy (non-hydrogen) atoms. The molecule has 0 spiro atoms. The maximum absolute atomic E-state index is 11.2. The minimum atomic E-state index is -1.14. The minimum absolute atomic E-state index is 0.114. The van der Waals surface area contributed by atoms with Crippen molar-refractivity contribution >= 4 is 11.8 Å². The molecule has 0 aromatic heterocycles. The summed E-state index contributed by atoms with van der Waals surface area (Å²) in [5, 5.41) is 9.11. The molecule has 0 aromatic rings. The predicted octanol–water partition coefficient (Wildman–Crippen LogP) is 0.179. The number of aliphatic hydroxyl groups excluding tert-OH is 1. The summed E-state index contributed by atoms with van der Waals surface area (Å²) >= 11 is 0. The maximum atomic E-state index is 11.2. The fraction of sp³-hybridized carbons (Fsp3) is 0.556. The summed E-state index contributed by atoms with van der Waals surface area (Å²) in [4.78, 5) is 22.1. The van der Waals surface area contributed by atoms with Crippen LogP contribution in [0.1, 0.15) is 6.92 Å². The summed E-state index contributed by atoms with van der Waals surface area (Å²) in [6.45, 7) is 1.70. The number of esters is 1. The highest BCUT2D eigenvalue weighted by atomic mass is 16.7. The zero-order chi connectivity index (χ0) is 11.8. The summed E-state index contributed by atoms with van der Waals surface area (Å²) in [6, 6.07) is 0. The first kappa shape index (κ1) is 13.6. The lowest BCUT2D eigenvalue weighted by Gasteiger charge is -2.09. The van der Waals surface area contributed by atoms with Gasteiger partial charge in [-0.1, -0.05) is 0 Å². The van der Waals surface area contributed by atoms with Crippen molar-refractivity contribution in [2.45, 2.75) is 13.2 Å². The van der Waals surface area contributed by atoms with Gasteiger partial charge >= 0.3 is 5.97 Å². The van der Waals surface area contributed by atoms with Gasteiger partial charge in [-0.05, 0) is 6.92 Å². The van der Waals surface area contributed by atoms with E-state index in [2.05, 4.69) is 14.2 Å². The molecular formula is C9H14O6. The normalized spacial score (nSPS) is 11.6. The first-order valence-corrected chi connectivity index (χ1v) is 4.24. The highest BCUT2D eigenvalue weighted by molar-refractivity contribution is 5.99. The van der Waals surface area contributed by atoms with Crippen molar-refractivity contribution in [2.75, 3.05) is 20.8 Å². The molecule has 0 rings (SSSR count). The third-order valence-electron chi connectivity index (χ3n) is 1.42. The van der Waals surface area contributed by atoms with Crippen LogP contribution in [-0.4, -0.2) is 44.0 Å². The zero-order valence-corrected chi connectivity index (χ0v) is 8.85. The van der Waals surface area contributed by atoms with Crippen LogP contribution in [0.2, 0.25) is 0 Å². The molecule has 0 aliphatic carbocycles. The molecular weight excluding hydrogens is 204 g/mol. The SMILES string of the molecule is CCOC(=O)C(O)=CC(=O)C(OC)OC. The van der Waals surface area contributed by atoms with Gasteiger partial charge in [0.05, 0.1) is 6.61 Å². The molecule has 6 heteroatoms. The van der Waals surface area contributed by atoms with Gasteiger partial charge in [0.25, 0.3) is 0 Å². The lowest BCUT2D eigenvalue weighted by molar-refractivity contribution is -0.152. The van der Waals surface area contributed by atoms with E-state index in [1.165, 1.54) is 14.2 Å². The summed E-state index contributed by atoms with van der Waals surface area (Å²) < 4.78 is 13.7. The van der Waals surface area contributed by atoms with E-state index in [0.29, 0.717) is 6.08 Å². The first-order valence-electron chi connectivity index (χ1n) is 4.24. The van der Waals surface area contributed by atoms with Crippen LogP contribution in [0, 0.1) is 0 Å². The monoisotopic (exact) mass is 218 g/mol. The van der Waals surface area contributed by atoms with Gasteiger partial charge < -0.3 is 19.3 Å². The fourth-order valence-corrected chi connectivity index (χ4v) is 0.795. The lowest BCUT2D eigenvalue weighted by atomic mass is 10.3. The Hall–Kier alpha value is -1.40. The summed E-state index contributed by atoms with van der Waals surface area (Å²) in [7, 11) is 2.53. The Bertz CT molecular complexity index is 253. The molecule has 0 bridgehead atoms. The highest BCUT2D eigenvalue weighted by Gasteiger charge is 2.18. The standard InChI is InChI=1S/C9H14O6/c1-4-15-8(12)6(10)5-7(11)9(13-2)14-3/h5,9-10H,4H2,1-3H3. The average molecular weight is 218 g/mol. The van der Waals surface area contributed by atoms with Crippen LogP contribution in [0.3, 0.4) is 0 Å². The molecule has 0 aromatic carbocycles. The fourth-order valence-electron chi connectivity index (χ4n) is 0.795. The van der Waals surface area contributed by atoms with Gasteiger partial charge in [0.15, 0.2) is 0 Å². The second-order valence-corrected chi connectivity index (χ2v) is 2.46. The molecule has 1 N–H and O–H groups in total. The third-order valence-corrected chi connectivity index (χ3v) is 1.42. The van der Waals surface area contributed by atoms with Crippen LogP contribution in [-0.2, 0) is 23.8 Å². The van der Waals surface area contributed by atoms with E-state index in [9.17, 15) is 9.59 Å². The Morgan fingerprint density at radius 3 is 2.27 bits per heavy atom. The average Bonchev–Trinajstić information content (AvgIpc) is 2.19. The third kappa shape index (κ3) is 4.57. The predicted molar refractivity (Wildman–Crippen MR) is 50.2 cm³/mol. The number of ether oxygens (including phenoxy) is 3. The number of methoxy groups -OCH3 is 2. The second kappa shape index (κ2) is 6.97. The van der Waals surface area contributed by atoms with Crippen molar-refractivity contribution in [2.24, 2.45) is 0 Å². The van der Waals surface area contributed by atoms with Crippen molar-refractivity contribution < 1.29 is 28.9 Å². The Balaban J connectivity index is 4.46. The Kier molecular flexibility index (Phi) is 6.32. The molecule has 86 valence electrons. The van der Waals surface area contributed by atoms with Crippen molar-refractivity contribution in [3.8, 4) is 0 Å². The zero-order valence-electron chi connectivity index (χ0n) is 8.85. The first-order chi connectivity index (χ1) is 7.06. The number of aliphatic hydroxyl groups is 1. The van der Waals surface area contributed by atoms with Crippen molar-refractivity contribution in [1.82, 2.24) is 0 Å². The topological polar surface area (TPSA) is 82.1 Å². The number of hydrogen-bond acceptors (Lipinski definition) is 6. The number of ketones is 1. The number of carbonyl (C=O) groups is 2. The van der Waals surface area contributed by atoms with Crippen LogP contribution >= 0.6 is 0 Å². The van der Waals surface area contributed by atoms with E-state index in [1.54, 1.807) is 6.92 Å². The number of carbonyl (C=O) groups excluding carboxylic acids is 2. The van der Waals surface area contributed by atoms with Crippen LogP contribution in [0.25, 0.3) is 0 Å². The molecule has 6 nitrogen and oxygen atoms in total. The second-order valence-electron chi connectivity index (χ2n) is 2.46. The molecule has 0 fully saturated rings. The molecule has 0 saturated carbocycles. The molecule has 0 radical (unpaired) electrons. The van der Waals surface area contributed by atoms with Gasteiger partial charge in [0, 0.05) is 20.3 Å². The molecule has 0 heterocycles. The van der Waals surface area contributed by atoms with Crippen molar-refractivity contribution in [3.63, 3.8) is 0 Å². The van der Waals surface area contributed by atoms with Gasteiger partial charge in [0.1, 0.15) is 0 Å². The van der Waals surface area contributed by atoms with Crippen LogP contribution < -0.4 is 0 Å². The molecule has 0 unspecified atom stereocenters. The smallest absolute Gasteiger partial charge is 0.373 e. The largest absolute Gasteiger partial charge is 0.502 e. The summed E-state index contributed by atoms with van der Waals surface area (Å²) in [5.74, 6) is -2.41. The van der Waals surface area contributed by atoms with Crippen molar-refractivity contribution in [1.29, 1.82) is 0 Å². The van der Waals surface area contributed by atoms with E-state index in [0.717, 1.165) is 0 Å². The summed E-state index contributed by atoms with van der Waals surface area (Å²) in [5.41, 5.74) is 0. The minimum Gasteiger partial charge on any atom is -0.502 e. The van der Waals surface area contributed by atoms with Crippen LogP contribution in [0.5, 0.6) is 0 Å². The molecule has 0 amide bonds. The Labute approximate surface area is 87.4 Å². The van der Waals surface area contributed by atoms with Gasteiger partial charge in [-0.2, -0.15) is 0 Å².